The Morgan fingerprint density at radius 3 is 2.73 bits per heavy atom. The third-order valence-electron chi connectivity index (χ3n) is 2.68. The summed E-state index contributed by atoms with van der Waals surface area (Å²) in [7, 11) is 0. The average molecular weight is 224 g/mol. The van der Waals surface area contributed by atoms with Gasteiger partial charge in [0.05, 0.1) is 6.04 Å². The molecule has 2 rings (SSSR count). The van der Waals surface area contributed by atoms with Crippen molar-refractivity contribution in [2.75, 3.05) is 0 Å². The number of carbonyl (C=O) groups excluding carboxylic acids is 1. The number of nitrogens with one attached hydrogen (secondary N) is 1. The molecule has 0 unspecified atom stereocenters. The molecular weight excluding hydrogens is 210 g/mol. The molecule has 1 N–H and O–H groups in total. The minimum Gasteiger partial charge on any atom is -0.349 e. The Kier molecular flexibility index (Phi) is 2.96. The van der Waals surface area contributed by atoms with E-state index in [9.17, 15) is 4.79 Å². The Bertz CT molecular complexity index is 374. The van der Waals surface area contributed by atoms with Crippen molar-refractivity contribution in [1.29, 1.82) is 0 Å². The molecule has 0 spiro atoms. The van der Waals surface area contributed by atoms with Gasteiger partial charge in [-0.25, -0.2) is 0 Å². The monoisotopic (exact) mass is 223 g/mol. The second kappa shape index (κ2) is 4.23. The molecule has 3 heteroatoms. The zero-order valence-electron chi connectivity index (χ0n) is 8.66. The molecule has 1 aliphatic carbocycles. The first-order valence-electron chi connectivity index (χ1n) is 5.23. The van der Waals surface area contributed by atoms with E-state index in [2.05, 4.69) is 5.32 Å². The van der Waals surface area contributed by atoms with Crippen LogP contribution in [0.25, 0.3) is 0 Å². The third kappa shape index (κ3) is 2.51. The van der Waals surface area contributed by atoms with E-state index in [1.165, 1.54) is 0 Å². The zero-order valence-corrected chi connectivity index (χ0v) is 9.42. The average Bonchev–Trinajstić information content (AvgIpc) is 3.01. The van der Waals surface area contributed by atoms with Crippen molar-refractivity contribution in [3.63, 3.8) is 0 Å². The van der Waals surface area contributed by atoms with Gasteiger partial charge in [0.15, 0.2) is 0 Å². The van der Waals surface area contributed by atoms with Crippen LogP contribution in [-0.2, 0) is 4.79 Å². The Morgan fingerprint density at radius 2 is 2.13 bits per heavy atom. The van der Waals surface area contributed by atoms with E-state index in [0.29, 0.717) is 5.02 Å². The first-order valence-corrected chi connectivity index (χ1v) is 5.61. The standard InChI is InChI=1S/C12H14ClNO/c1-8(14-12(15)9-6-7-9)10-4-2-3-5-11(10)13/h2-5,8-9H,6-7H2,1H3,(H,14,15)/t8-/m0/s1. The van der Waals surface area contributed by atoms with E-state index in [0.717, 1.165) is 18.4 Å². The minimum absolute atomic E-state index is 0.00759. The molecule has 0 aliphatic heterocycles. The van der Waals surface area contributed by atoms with Crippen LogP contribution in [0.3, 0.4) is 0 Å². The summed E-state index contributed by atoms with van der Waals surface area (Å²) in [6, 6.07) is 7.60. The molecule has 1 aromatic carbocycles. The Hall–Kier alpha value is -1.02. The lowest BCUT2D eigenvalue weighted by Gasteiger charge is -2.15. The lowest BCUT2D eigenvalue weighted by atomic mass is 10.1. The molecule has 0 aromatic heterocycles. The summed E-state index contributed by atoms with van der Waals surface area (Å²) in [4.78, 5) is 11.5. The highest BCUT2D eigenvalue weighted by atomic mass is 35.5. The van der Waals surface area contributed by atoms with Gasteiger partial charge in [0.2, 0.25) is 5.91 Å². The maximum Gasteiger partial charge on any atom is 0.223 e. The second-order valence-corrected chi connectivity index (χ2v) is 4.43. The maximum atomic E-state index is 11.5. The minimum atomic E-state index is -0.00759. The van der Waals surface area contributed by atoms with Crippen LogP contribution in [0.5, 0.6) is 0 Å². The van der Waals surface area contributed by atoms with Gasteiger partial charge in [0.1, 0.15) is 0 Å². The number of benzene rings is 1. The van der Waals surface area contributed by atoms with Gasteiger partial charge in [-0.1, -0.05) is 29.8 Å². The van der Waals surface area contributed by atoms with Crippen molar-refractivity contribution >= 4 is 17.5 Å². The van der Waals surface area contributed by atoms with Crippen LogP contribution in [0.2, 0.25) is 5.02 Å². The highest BCUT2D eigenvalue weighted by Gasteiger charge is 2.30. The predicted octanol–water partition coefficient (Wildman–Crippen LogP) is 2.93. The molecule has 0 radical (unpaired) electrons. The van der Waals surface area contributed by atoms with E-state index in [-0.39, 0.29) is 17.9 Å². The van der Waals surface area contributed by atoms with Gasteiger partial charge in [-0.05, 0) is 31.4 Å². The lowest BCUT2D eigenvalue weighted by Crippen LogP contribution is -2.27. The van der Waals surface area contributed by atoms with Gasteiger partial charge < -0.3 is 5.32 Å². The molecule has 80 valence electrons. The van der Waals surface area contributed by atoms with Gasteiger partial charge in [0, 0.05) is 10.9 Å². The molecular formula is C12H14ClNO. The highest BCUT2D eigenvalue weighted by molar-refractivity contribution is 6.31. The number of rotatable bonds is 3. The van der Waals surface area contributed by atoms with Crippen molar-refractivity contribution in [1.82, 2.24) is 5.32 Å². The number of hydrogen-bond donors (Lipinski definition) is 1. The Labute approximate surface area is 94.6 Å². The quantitative estimate of drug-likeness (QED) is 0.839. The first-order chi connectivity index (χ1) is 7.18. The fraction of sp³-hybridized carbons (Fsp3) is 0.417. The summed E-state index contributed by atoms with van der Waals surface area (Å²) in [6.45, 7) is 1.96. The number of amides is 1. The van der Waals surface area contributed by atoms with Crippen LogP contribution in [0.4, 0.5) is 0 Å². The van der Waals surface area contributed by atoms with Gasteiger partial charge in [-0.3, -0.25) is 4.79 Å². The largest absolute Gasteiger partial charge is 0.349 e. The fourth-order valence-electron chi connectivity index (χ4n) is 1.58. The predicted molar refractivity (Wildman–Crippen MR) is 60.7 cm³/mol. The van der Waals surface area contributed by atoms with E-state index >= 15 is 0 Å². The fourth-order valence-corrected chi connectivity index (χ4v) is 1.88. The van der Waals surface area contributed by atoms with E-state index in [1.54, 1.807) is 0 Å². The highest BCUT2D eigenvalue weighted by Crippen LogP contribution is 2.30. The van der Waals surface area contributed by atoms with Crippen molar-refractivity contribution < 1.29 is 4.79 Å². The molecule has 2 nitrogen and oxygen atoms in total. The van der Waals surface area contributed by atoms with Crippen molar-refractivity contribution in [2.24, 2.45) is 5.92 Å². The molecule has 1 atom stereocenters. The van der Waals surface area contributed by atoms with Gasteiger partial charge in [-0.2, -0.15) is 0 Å². The summed E-state index contributed by atoms with van der Waals surface area (Å²) < 4.78 is 0. The molecule has 15 heavy (non-hydrogen) atoms. The third-order valence-corrected chi connectivity index (χ3v) is 3.02. The van der Waals surface area contributed by atoms with Crippen LogP contribution in [0, 0.1) is 5.92 Å². The smallest absolute Gasteiger partial charge is 0.223 e. The Morgan fingerprint density at radius 1 is 1.47 bits per heavy atom. The van der Waals surface area contributed by atoms with Crippen LogP contribution in [-0.4, -0.2) is 5.91 Å². The van der Waals surface area contributed by atoms with E-state index < -0.39 is 0 Å². The molecule has 0 saturated heterocycles. The number of carbonyl (C=O) groups is 1. The number of hydrogen-bond acceptors (Lipinski definition) is 1. The summed E-state index contributed by atoms with van der Waals surface area (Å²) in [6.07, 6.45) is 2.06. The van der Waals surface area contributed by atoms with Crippen molar-refractivity contribution in [3.8, 4) is 0 Å². The summed E-state index contributed by atoms with van der Waals surface area (Å²) in [5.74, 6) is 0.400. The van der Waals surface area contributed by atoms with Crippen LogP contribution in [0.15, 0.2) is 24.3 Å². The summed E-state index contributed by atoms with van der Waals surface area (Å²) >= 11 is 6.05. The van der Waals surface area contributed by atoms with Crippen LogP contribution < -0.4 is 5.32 Å². The van der Waals surface area contributed by atoms with Crippen LogP contribution >= 0.6 is 11.6 Å². The molecule has 1 aliphatic rings. The molecule has 1 amide bonds. The molecule has 1 aromatic rings. The summed E-state index contributed by atoms with van der Waals surface area (Å²) in [5, 5.41) is 3.68. The van der Waals surface area contributed by atoms with Crippen molar-refractivity contribution in [3.05, 3.63) is 34.9 Å². The van der Waals surface area contributed by atoms with Gasteiger partial charge in [0.25, 0.3) is 0 Å². The Balaban J connectivity index is 2.03. The summed E-state index contributed by atoms with van der Waals surface area (Å²) in [5.41, 5.74) is 0.980. The van der Waals surface area contributed by atoms with Gasteiger partial charge >= 0.3 is 0 Å². The number of halogens is 1. The van der Waals surface area contributed by atoms with Gasteiger partial charge in [-0.15, -0.1) is 0 Å². The maximum absolute atomic E-state index is 11.5. The molecule has 1 fully saturated rings. The molecule has 0 bridgehead atoms. The molecule has 1 saturated carbocycles. The zero-order chi connectivity index (χ0) is 10.8. The first kappa shape index (κ1) is 10.5. The normalized spacial score (nSPS) is 17.2. The van der Waals surface area contributed by atoms with E-state index in [4.69, 9.17) is 11.6 Å². The van der Waals surface area contributed by atoms with E-state index in [1.807, 2.05) is 31.2 Å². The topological polar surface area (TPSA) is 29.1 Å². The SMILES string of the molecule is C[C@H](NC(=O)C1CC1)c1ccccc1Cl. The molecule has 0 heterocycles. The second-order valence-electron chi connectivity index (χ2n) is 4.03. The van der Waals surface area contributed by atoms with Crippen LogP contribution in [0.1, 0.15) is 31.4 Å². The lowest BCUT2D eigenvalue weighted by molar-refractivity contribution is -0.122. The van der Waals surface area contributed by atoms with Crippen molar-refractivity contribution in [2.45, 2.75) is 25.8 Å².